The second-order valence-electron chi connectivity index (χ2n) is 6.82. The summed E-state index contributed by atoms with van der Waals surface area (Å²) in [5.74, 6) is 0.661. The zero-order valence-corrected chi connectivity index (χ0v) is 16.6. The van der Waals surface area contributed by atoms with E-state index in [2.05, 4.69) is 10.6 Å². The predicted molar refractivity (Wildman–Crippen MR) is 109 cm³/mol. The lowest BCUT2D eigenvalue weighted by molar-refractivity contribution is -0.122. The molecule has 0 saturated carbocycles. The number of rotatable bonds is 8. The van der Waals surface area contributed by atoms with Crippen LogP contribution in [0.2, 0.25) is 0 Å². The zero-order chi connectivity index (χ0) is 20.6. The minimum absolute atomic E-state index is 0.0543. The largest absolute Gasteiger partial charge is 0.497 e. The van der Waals surface area contributed by atoms with Crippen LogP contribution < -0.4 is 20.1 Å². The molecule has 2 N–H and O–H groups in total. The fraction of sp³-hybridized carbons (Fsp3) is 0.364. The van der Waals surface area contributed by atoms with Gasteiger partial charge in [0.1, 0.15) is 11.5 Å². The lowest BCUT2D eigenvalue weighted by atomic mass is 10.1. The SMILES string of the molecule is COc1ccc(O[C@H](C)C(=O)Nc2ccccc2C(=O)NC[C@@H]2CCCO2)cc1. The fourth-order valence-corrected chi connectivity index (χ4v) is 3.04. The quantitative estimate of drug-likeness (QED) is 0.714. The van der Waals surface area contributed by atoms with Crippen LogP contribution in [0.1, 0.15) is 30.1 Å². The molecule has 2 atom stereocenters. The number of para-hydroxylation sites is 1. The van der Waals surface area contributed by atoms with Gasteiger partial charge in [-0.25, -0.2) is 0 Å². The second kappa shape index (κ2) is 9.93. The Morgan fingerprint density at radius 2 is 1.86 bits per heavy atom. The number of carbonyl (C=O) groups is 2. The molecule has 29 heavy (non-hydrogen) atoms. The van der Waals surface area contributed by atoms with Crippen LogP contribution in [0, 0.1) is 0 Å². The van der Waals surface area contributed by atoms with Gasteiger partial charge >= 0.3 is 0 Å². The van der Waals surface area contributed by atoms with Gasteiger partial charge in [0.15, 0.2) is 6.10 Å². The van der Waals surface area contributed by atoms with E-state index in [4.69, 9.17) is 14.2 Å². The van der Waals surface area contributed by atoms with Crippen molar-refractivity contribution in [2.75, 3.05) is 25.6 Å². The third kappa shape index (κ3) is 5.71. The van der Waals surface area contributed by atoms with Crippen LogP contribution in [0.5, 0.6) is 11.5 Å². The number of ether oxygens (including phenoxy) is 3. The summed E-state index contributed by atoms with van der Waals surface area (Å²) in [4.78, 5) is 25.1. The molecule has 0 unspecified atom stereocenters. The van der Waals surface area contributed by atoms with Gasteiger partial charge < -0.3 is 24.8 Å². The zero-order valence-electron chi connectivity index (χ0n) is 16.6. The molecule has 2 amide bonds. The Hall–Kier alpha value is -3.06. The Labute approximate surface area is 170 Å². The highest BCUT2D eigenvalue weighted by molar-refractivity contribution is 6.04. The maximum absolute atomic E-state index is 12.6. The average Bonchev–Trinajstić information content (AvgIpc) is 3.26. The number of benzene rings is 2. The summed E-state index contributed by atoms with van der Waals surface area (Å²) in [7, 11) is 1.58. The molecule has 1 fully saturated rings. The van der Waals surface area contributed by atoms with E-state index in [1.165, 1.54) is 0 Å². The van der Waals surface area contributed by atoms with Crippen LogP contribution in [0.15, 0.2) is 48.5 Å². The number of anilines is 1. The third-order valence-corrected chi connectivity index (χ3v) is 4.69. The van der Waals surface area contributed by atoms with Crippen LogP contribution in [0.3, 0.4) is 0 Å². The fourth-order valence-electron chi connectivity index (χ4n) is 3.04. The van der Waals surface area contributed by atoms with Crippen molar-refractivity contribution in [2.24, 2.45) is 0 Å². The van der Waals surface area contributed by atoms with Crippen molar-refractivity contribution in [1.82, 2.24) is 5.32 Å². The first-order chi connectivity index (χ1) is 14.1. The van der Waals surface area contributed by atoms with Crippen molar-refractivity contribution in [3.05, 3.63) is 54.1 Å². The molecule has 2 aromatic carbocycles. The number of carbonyl (C=O) groups excluding carboxylic acids is 2. The van der Waals surface area contributed by atoms with E-state index in [9.17, 15) is 9.59 Å². The van der Waals surface area contributed by atoms with Gasteiger partial charge in [0, 0.05) is 13.2 Å². The first-order valence-corrected chi connectivity index (χ1v) is 9.67. The van der Waals surface area contributed by atoms with Crippen molar-refractivity contribution >= 4 is 17.5 Å². The molecule has 0 spiro atoms. The average molecular weight is 398 g/mol. The molecule has 3 rings (SSSR count). The van der Waals surface area contributed by atoms with Crippen LogP contribution in [0.25, 0.3) is 0 Å². The number of hydrogen-bond donors (Lipinski definition) is 2. The van der Waals surface area contributed by atoms with E-state index in [-0.39, 0.29) is 17.9 Å². The summed E-state index contributed by atoms with van der Waals surface area (Å²) >= 11 is 0. The monoisotopic (exact) mass is 398 g/mol. The van der Waals surface area contributed by atoms with Crippen molar-refractivity contribution in [2.45, 2.75) is 32.0 Å². The normalized spacial score (nSPS) is 16.7. The molecule has 0 radical (unpaired) electrons. The summed E-state index contributed by atoms with van der Waals surface area (Å²) in [6.07, 6.45) is 1.27. The molecule has 154 valence electrons. The van der Waals surface area contributed by atoms with Crippen molar-refractivity contribution in [3.63, 3.8) is 0 Å². The van der Waals surface area contributed by atoms with Crippen molar-refractivity contribution < 1.29 is 23.8 Å². The Morgan fingerprint density at radius 1 is 1.14 bits per heavy atom. The molecule has 2 aromatic rings. The number of methoxy groups -OCH3 is 1. The van der Waals surface area contributed by atoms with E-state index in [0.717, 1.165) is 19.4 Å². The molecule has 1 heterocycles. The summed E-state index contributed by atoms with van der Waals surface area (Å²) in [5, 5.41) is 5.66. The van der Waals surface area contributed by atoms with Crippen molar-refractivity contribution in [1.29, 1.82) is 0 Å². The Balaban J connectivity index is 1.59. The van der Waals surface area contributed by atoms with E-state index in [1.807, 2.05) is 0 Å². The Bertz CT molecular complexity index is 831. The maximum atomic E-state index is 12.6. The lowest BCUT2D eigenvalue weighted by Gasteiger charge is -2.17. The standard InChI is InChI=1S/C22H26N2O5/c1-15(29-17-11-9-16(27-2)10-12-17)21(25)24-20-8-4-3-7-19(20)22(26)23-14-18-6-5-13-28-18/h3-4,7-12,15,18H,5-6,13-14H2,1-2H3,(H,23,26)(H,24,25)/t15-,18+/m1/s1. The van der Waals surface area contributed by atoms with Gasteiger partial charge in [0.2, 0.25) is 0 Å². The van der Waals surface area contributed by atoms with Crippen molar-refractivity contribution in [3.8, 4) is 11.5 Å². The van der Waals surface area contributed by atoms with Gasteiger partial charge in [0.25, 0.3) is 11.8 Å². The highest BCUT2D eigenvalue weighted by Gasteiger charge is 2.20. The molecule has 7 nitrogen and oxygen atoms in total. The molecule has 0 aliphatic carbocycles. The van der Waals surface area contributed by atoms with Gasteiger partial charge in [-0.05, 0) is 56.2 Å². The molecule has 1 saturated heterocycles. The maximum Gasteiger partial charge on any atom is 0.265 e. The van der Waals surface area contributed by atoms with Crippen LogP contribution in [0.4, 0.5) is 5.69 Å². The first-order valence-electron chi connectivity index (χ1n) is 9.67. The molecule has 0 bridgehead atoms. The van der Waals surface area contributed by atoms with E-state index >= 15 is 0 Å². The summed E-state index contributed by atoms with van der Waals surface area (Å²) in [5.41, 5.74) is 0.836. The molecular weight excluding hydrogens is 372 g/mol. The molecule has 0 aromatic heterocycles. The summed E-state index contributed by atoms with van der Waals surface area (Å²) < 4.78 is 16.3. The first kappa shape index (κ1) is 20.7. The summed E-state index contributed by atoms with van der Waals surface area (Å²) in [6.45, 7) is 2.84. The molecular formula is C22H26N2O5. The van der Waals surface area contributed by atoms with Gasteiger partial charge in [-0.1, -0.05) is 12.1 Å². The van der Waals surface area contributed by atoms with Gasteiger partial charge in [-0.2, -0.15) is 0 Å². The second-order valence-corrected chi connectivity index (χ2v) is 6.82. The van der Waals surface area contributed by atoms with E-state index in [1.54, 1.807) is 62.6 Å². The Morgan fingerprint density at radius 3 is 2.55 bits per heavy atom. The number of nitrogens with one attached hydrogen (secondary N) is 2. The van der Waals surface area contributed by atoms with Gasteiger partial charge in [0.05, 0.1) is 24.5 Å². The van der Waals surface area contributed by atoms with E-state index < -0.39 is 6.10 Å². The van der Waals surface area contributed by atoms with E-state index in [0.29, 0.717) is 29.3 Å². The van der Waals surface area contributed by atoms with Crippen LogP contribution in [-0.2, 0) is 9.53 Å². The highest BCUT2D eigenvalue weighted by atomic mass is 16.5. The predicted octanol–water partition coefficient (Wildman–Crippen LogP) is 3.01. The molecule has 1 aliphatic rings. The summed E-state index contributed by atoms with van der Waals surface area (Å²) in [6, 6.07) is 13.9. The Kier molecular flexibility index (Phi) is 7.08. The molecule has 1 aliphatic heterocycles. The topological polar surface area (TPSA) is 85.9 Å². The third-order valence-electron chi connectivity index (χ3n) is 4.69. The minimum Gasteiger partial charge on any atom is -0.497 e. The highest BCUT2D eigenvalue weighted by Crippen LogP contribution is 2.20. The number of hydrogen-bond acceptors (Lipinski definition) is 5. The van der Waals surface area contributed by atoms with Crippen LogP contribution in [-0.4, -0.2) is 44.3 Å². The number of amides is 2. The van der Waals surface area contributed by atoms with Crippen LogP contribution >= 0.6 is 0 Å². The van der Waals surface area contributed by atoms with Gasteiger partial charge in [-0.15, -0.1) is 0 Å². The lowest BCUT2D eigenvalue weighted by Crippen LogP contribution is -2.34. The molecule has 7 heteroatoms. The van der Waals surface area contributed by atoms with Gasteiger partial charge in [-0.3, -0.25) is 9.59 Å². The smallest absolute Gasteiger partial charge is 0.265 e. The minimum atomic E-state index is -0.744.